The van der Waals surface area contributed by atoms with Crippen molar-refractivity contribution in [3.63, 3.8) is 0 Å². The van der Waals surface area contributed by atoms with E-state index >= 15 is 0 Å². The van der Waals surface area contributed by atoms with Crippen LogP contribution in [0.25, 0.3) is 10.8 Å². The van der Waals surface area contributed by atoms with Gasteiger partial charge in [-0.3, -0.25) is 9.59 Å². The van der Waals surface area contributed by atoms with Gasteiger partial charge in [-0.25, -0.2) is 0 Å². The average molecular weight is 364 g/mol. The molecule has 0 fully saturated rings. The largest absolute Gasteiger partial charge is 0.369 e. The molecule has 5 heteroatoms. The van der Waals surface area contributed by atoms with Crippen LogP contribution in [0.3, 0.4) is 0 Å². The van der Waals surface area contributed by atoms with Gasteiger partial charge >= 0.3 is 0 Å². The van der Waals surface area contributed by atoms with Gasteiger partial charge in [0.05, 0.1) is 17.4 Å². The van der Waals surface area contributed by atoms with E-state index in [1.807, 2.05) is 49.4 Å². The highest BCUT2D eigenvalue weighted by Crippen LogP contribution is 2.26. The molecule has 132 valence electrons. The van der Waals surface area contributed by atoms with Crippen LogP contribution in [0.5, 0.6) is 0 Å². The summed E-state index contributed by atoms with van der Waals surface area (Å²) in [6.07, 6.45) is 0. The summed E-state index contributed by atoms with van der Waals surface area (Å²) in [7, 11) is 0. The van der Waals surface area contributed by atoms with Crippen LogP contribution in [0.2, 0.25) is 0 Å². The summed E-state index contributed by atoms with van der Waals surface area (Å²) in [6.45, 7) is 1.97. The molecule has 0 bridgehead atoms. The van der Waals surface area contributed by atoms with Gasteiger partial charge in [-0.2, -0.15) is 0 Å². The SMILES string of the molecule is CC(NC(=O)c1ccccc1SCC(N)=O)c1cccc2ccccc12. The van der Waals surface area contributed by atoms with Gasteiger partial charge in [-0.05, 0) is 35.4 Å². The van der Waals surface area contributed by atoms with Gasteiger partial charge in [0.2, 0.25) is 5.91 Å². The maximum Gasteiger partial charge on any atom is 0.252 e. The normalized spacial score (nSPS) is 11.9. The Kier molecular flexibility index (Phi) is 5.58. The molecule has 0 spiro atoms. The van der Waals surface area contributed by atoms with Gasteiger partial charge in [0.15, 0.2) is 0 Å². The van der Waals surface area contributed by atoms with E-state index in [-0.39, 0.29) is 17.7 Å². The number of hydrogen-bond acceptors (Lipinski definition) is 3. The Bertz CT molecular complexity index is 950. The number of amides is 2. The number of carbonyl (C=O) groups excluding carboxylic acids is 2. The van der Waals surface area contributed by atoms with Crippen molar-refractivity contribution in [2.24, 2.45) is 5.73 Å². The van der Waals surface area contributed by atoms with Crippen molar-refractivity contribution in [2.75, 3.05) is 5.75 Å². The third-order valence-corrected chi connectivity index (χ3v) is 5.23. The molecular weight excluding hydrogens is 344 g/mol. The first kappa shape index (κ1) is 18.0. The van der Waals surface area contributed by atoms with Crippen LogP contribution in [0.4, 0.5) is 0 Å². The molecule has 26 heavy (non-hydrogen) atoms. The number of carbonyl (C=O) groups is 2. The quantitative estimate of drug-likeness (QED) is 0.652. The fraction of sp³-hybridized carbons (Fsp3) is 0.143. The van der Waals surface area contributed by atoms with E-state index in [2.05, 4.69) is 23.5 Å². The molecule has 3 N–H and O–H groups in total. The summed E-state index contributed by atoms with van der Waals surface area (Å²) in [6, 6.07) is 21.3. The van der Waals surface area contributed by atoms with Crippen LogP contribution >= 0.6 is 11.8 Å². The average Bonchev–Trinajstić information content (AvgIpc) is 2.66. The highest BCUT2D eigenvalue weighted by Gasteiger charge is 2.16. The molecule has 1 atom stereocenters. The van der Waals surface area contributed by atoms with Gasteiger partial charge in [0.25, 0.3) is 5.91 Å². The number of benzene rings is 3. The third-order valence-electron chi connectivity index (χ3n) is 4.14. The standard InChI is InChI=1S/C21H20N2O2S/c1-14(16-11-6-8-15-7-2-3-9-17(15)16)23-21(25)18-10-4-5-12-19(18)26-13-20(22)24/h2-12,14H,13H2,1H3,(H2,22,24)(H,23,25). The van der Waals surface area contributed by atoms with Crippen LogP contribution in [-0.4, -0.2) is 17.6 Å². The number of nitrogens with two attached hydrogens (primary N) is 1. The Balaban J connectivity index is 1.82. The zero-order chi connectivity index (χ0) is 18.5. The lowest BCUT2D eigenvalue weighted by atomic mass is 9.99. The number of rotatable bonds is 6. The molecule has 0 aliphatic carbocycles. The third kappa shape index (κ3) is 4.06. The first-order valence-electron chi connectivity index (χ1n) is 8.35. The number of nitrogens with one attached hydrogen (secondary N) is 1. The van der Waals surface area contributed by atoms with E-state index in [1.165, 1.54) is 11.8 Å². The van der Waals surface area contributed by atoms with E-state index in [0.29, 0.717) is 5.56 Å². The summed E-state index contributed by atoms with van der Waals surface area (Å²) < 4.78 is 0. The monoisotopic (exact) mass is 364 g/mol. The second-order valence-corrected chi connectivity index (χ2v) is 7.03. The molecule has 0 aromatic heterocycles. The zero-order valence-electron chi connectivity index (χ0n) is 14.4. The zero-order valence-corrected chi connectivity index (χ0v) is 15.3. The molecule has 0 radical (unpaired) electrons. The van der Waals surface area contributed by atoms with Gasteiger partial charge in [0.1, 0.15) is 0 Å². The second kappa shape index (κ2) is 8.06. The minimum absolute atomic E-state index is 0.142. The molecule has 2 amide bonds. The summed E-state index contributed by atoms with van der Waals surface area (Å²) in [5.74, 6) is -0.435. The van der Waals surface area contributed by atoms with Crippen LogP contribution in [0.1, 0.15) is 28.9 Å². The molecule has 0 saturated heterocycles. The van der Waals surface area contributed by atoms with Gasteiger partial charge < -0.3 is 11.1 Å². The van der Waals surface area contributed by atoms with Crippen LogP contribution in [0.15, 0.2) is 71.6 Å². The minimum atomic E-state index is -0.408. The van der Waals surface area contributed by atoms with Crippen molar-refractivity contribution in [1.29, 1.82) is 0 Å². The Morgan fingerprint density at radius 2 is 1.69 bits per heavy atom. The maximum atomic E-state index is 12.8. The highest BCUT2D eigenvalue weighted by atomic mass is 32.2. The molecule has 0 saturated carbocycles. The molecule has 4 nitrogen and oxygen atoms in total. The molecule has 3 aromatic carbocycles. The molecular formula is C21H20N2O2S. The number of hydrogen-bond donors (Lipinski definition) is 2. The van der Waals surface area contributed by atoms with Crippen LogP contribution in [0, 0.1) is 0 Å². The van der Waals surface area contributed by atoms with Gasteiger partial charge in [-0.15, -0.1) is 11.8 Å². The number of fused-ring (bicyclic) bond motifs is 1. The van der Waals surface area contributed by atoms with E-state index in [1.54, 1.807) is 6.07 Å². The number of thioether (sulfide) groups is 1. The van der Waals surface area contributed by atoms with Crippen LogP contribution < -0.4 is 11.1 Å². The van der Waals surface area contributed by atoms with Crippen LogP contribution in [-0.2, 0) is 4.79 Å². The number of primary amides is 1. The lowest BCUT2D eigenvalue weighted by Gasteiger charge is -2.18. The first-order valence-corrected chi connectivity index (χ1v) is 9.33. The summed E-state index contributed by atoms with van der Waals surface area (Å²) in [4.78, 5) is 24.6. The lowest BCUT2D eigenvalue weighted by molar-refractivity contribution is -0.115. The smallest absolute Gasteiger partial charge is 0.252 e. The molecule has 0 aliphatic rings. The van der Waals surface area contributed by atoms with Crippen molar-refractivity contribution in [2.45, 2.75) is 17.9 Å². The summed E-state index contributed by atoms with van der Waals surface area (Å²) in [5.41, 5.74) is 6.83. The topological polar surface area (TPSA) is 72.2 Å². The minimum Gasteiger partial charge on any atom is -0.369 e. The van der Waals surface area contributed by atoms with E-state index in [9.17, 15) is 9.59 Å². The second-order valence-electron chi connectivity index (χ2n) is 6.01. The summed E-state index contributed by atoms with van der Waals surface area (Å²) in [5, 5.41) is 5.33. The predicted molar refractivity (Wildman–Crippen MR) is 106 cm³/mol. The Morgan fingerprint density at radius 1 is 1.00 bits per heavy atom. The van der Waals surface area contributed by atoms with Crippen molar-refractivity contribution < 1.29 is 9.59 Å². The Hall–Kier alpha value is -2.79. The Morgan fingerprint density at radius 3 is 2.50 bits per heavy atom. The fourth-order valence-electron chi connectivity index (χ4n) is 2.91. The van der Waals surface area contributed by atoms with E-state index in [0.717, 1.165) is 21.2 Å². The molecule has 3 rings (SSSR count). The van der Waals surface area contributed by atoms with Gasteiger partial charge in [0, 0.05) is 4.90 Å². The maximum absolute atomic E-state index is 12.8. The van der Waals surface area contributed by atoms with E-state index in [4.69, 9.17) is 5.73 Å². The van der Waals surface area contributed by atoms with Gasteiger partial charge in [-0.1, -0.05) is 54.6 Å². The molecule has 3 aromatic rings. The van der Waals surface area contributed by atoms with Crippen molar-refractivity contribution in [3.05, 3.63) is 77.9 Å². The fourth-order valence-corrected chi connectivity index (χ4v) is 3.70. The Labute approximate surface area is 156 Å². The highest BCUT2D eigenvalue weighted by molar-refractivity contribution is 8.00. The first-order chi connectivity index (χ1) is 12.6. The van der Waals surface area contributed by atoms with E-state index < -0.39 is 5.91 Å². The van der Waals surface area contributed by atoms with Crippen molar-refractivity contribution >= 4 is 34.3 Å². The lowest BCUT2D eigenvalue weighted by Crippen LogP contribution is -2.27. The van der Waals surface area contributed by atoms with Crippen molar-refractivity contribution in [1.82, 2.24) is 5.32 Å². The summed E-state index contributed by atoms with van der Waals surface area (Å²) >= 11 is 1.27. The molecule has 1 unspecified atom stereocenters. The molecule has 0 heterocycles. The molecule has 0 aliphatic heterocycles. The van der Waals surface area contributed by atoms with Crippen molar-refractivity contribution in [3.8, 4) is 0 Å². The predicted octanol–water partition coefficient (Wildman–Crippen LogP) is 3.91.